The largest absolute Gasteiger partial charge is 0.307 e. The van der Waals surface area contributed by atoms with E-state index in [0.29, 0.717) is 31.0 Å². The molecule has 1 fully saturated rings. The van der Waals surface area contributed by atoms with Gasteiger partial charge in [-0.15, -0.1) is 0 Å². The van der Waals surface area contributed by atoms with E-state index < -0.39 is 25.8 Å². The Bertz CT molecular complexity index is 1130. The molecule has 0 bridgehead atoms. The van der Waals surface area contributed by atoms with Crippen molar-refractivity contribution in [3.05, 3.63) is 41.6 Å². The van der Waals surface area contributed by atoms with Gasteiger partial charge in [0.1, 0.15) is 5.82 Å². The van der Waals surface area contributed by atoms with Crippen LogP contribution in [-0.2, 0) is 19.9 Å². The molecular weight excluding hydrogens is 428 g/mol. The zero-order valence-corrected chi connectivity index (χ0v) is 18.8. The first-order valence-corrected chi connectivity index (χ1v) is 13.0. The topological polar surface area (TPSA) is 118 Å². The Hall–Kier alpha value is -2.24. The van der Waals surface area contributed by atoms with Crippen LogP contribution in [0, 0.1) is 6.92 Å². The molecule has 1 saturated heterocycles. The molecule has 11 heteroatoms. The van der Waals surface area contributed by atoms with Crippen molar-refractivity contribution in [3.63, 3.8) is 0 Å². The van der Waals surface area contributed by atoms with E-state index in [9.17, 15) is 21.6 Å². The average molecular weight is 455 g/mol. The van der Waals surface area contributed by atoms with E-state index in [-0.39, 0.29) is 28.0 Å². The highest BCUT2D eigenvalue weighted by Crippen LogP contribution is 2.27. The maximum absolute atomic E-state index is 12.7. The molecule has 2 heterocycles. The summed E-state index contributed by atoms with van der Waals surface area (Å²) in [5, 5.41) is 7.10. The number of nitrogens with one attached hydrogen (secondary N) is 1. The van der Waals surface area contributed by atoms with Gasteiger partial charge in [0, 0.05) is 24.7 Å². The molecule has 0 aliphatic carbocycles. The van der Waals surface area contributed by atoms with E-state index in [1.54, 1.807) is 31.5 Å². The molecule has 1 amide bonds. The van der Waals surface area contributed by atoms with Crippen molar-refractivity contribution in [2.75, 3.05) is 29.9 Å². The molecule has 30 heavy (non-hydrogen) atoms. The van der Waals surface area contributed by atoms with E-state index in [0.717, 1.165) is 0 Å². The van der Waals surface area contributed by atoms with Crippen LogP contribution in [0.4, 0.5) is 5.82 Å². The minimum Gasteiger partial charge on any atom is -0.307 e. The fourth-order valence-electron chi connectivity index (χ4n) is 3.54. The lowest BCUT2D eigenvalue weighted by Gasteiger charge is -2.18. The van der Waals surface area contributed by atoms with Gasteiger partial charge in [0.15, 0.2) is 9.84 Å². The second kappa shape index (κ2) is 8.48. The fourth-order valence-corrected chi connectivity index (χ4v) is 6.69. The number of carbonyl (C=O) groups is 1. The van der Waals surface area contributed by atoms with Gasteiger partial charge in [-0.3, -0.25) is 4.79 Å². The second-order valence-electron chi connectivity index (χ2n) is 7.24. The van der Waals surface area contributed by atoms with Gasteiger partial charge >= 0.3 is 0 Å². The minimum absolute atomic E-state index is 0.00506. The molecule has 1 aromatic heterocycles. The number of hydrogen-bond acceptors (Lipinski definition) is 6. The fraction of sp³-hybridized carbons (Fsp3) is 0.474. The summed E-state index contributed by atoms with van der Waals surface area (Å²) in [6.45, 7) is 6.03. The van der Waals surface area contributed by atoms with Crippen molar-refractivity contribution in [3.8, 4) is 0 Å². The van der Waals surface area contributed by atoms with Crippen molar-refractivity contribution >= 4 is 31.6 Å². The van der Waals surface area contributed by atoms with Crippen molar-refractivity contribution < 1.29 is 21.6 Å². The van der Waals surface area contributed by atoms with Crippen LogP contribution in [0.25, 0.3) is 0 Å². The van der Waals surface area contributed by atoms with Crippen LogP contribution in [0.3, 0.4) is 0 Å². The van der Waals surface area contributed by atoms with Gasteiger partial charge in [-0.1, -0.05) is 13.8 Å². The molecule has 0 saturated carbocycles. The number of amides is 1. The van der Waals surface area contributed by atoms with Crippen molar-refractivity contribution in [1.29, 1.82) is 0 Å². The predicted octanol–water partition coefficient (Wildman–Crippen LogP) is 1.83. The smallest absolute Gasteiger partial charge is 0.256 e. The highest BCUT2D eigenvalue weighted by atomic mass is 32.2. The van der Waals surface area contributed by atoms with Crippen LogP contribution >= 0.6 is 0 Å². The third-order valence-corrected chi connectivity index (χ3v) is 8.93. The van der Waals surface area contributed by atoms with E-state index in [4.69, 9.17) is 0 Å². The summed E-state index contributed by atoms with van der Waals surface area (Å²) in [6.07, 6.45) is 0.449. The quantitative estimate of drug-likeness (QED) is 0.682. The van der Waals surface area contributed by atoms with E-state index in [1.165, 1.54) is 28.6 Å². The molecule has 0 spiro atoms. The first-order chi connectivity index (χ1) is 14.1. The highest BCUT2D eigenvalue weighted by Gasteiger charge is 2.31. The Kier molecular flexibility index (Phi) is 6.34. The number of carbonyl (C=O) groups excluding carboxylic acids is 1. The van der Waals surface area contributed by atoms with E-state index >= 15 is 0 Å². The summed E-state index contributed by atoms with van der Waals surface area (Å²) in [5.41, 5.74) is 0.952. The molecule has 1 unspecified atom stereocenters. The summed E-state index contributed by atoms with van der Waals surface area (Å²) >= 11 is 0. The predicted molar refractivity (Wildman–Crippen MR) is 114 cm³/mol. The number of sulfone groups is 1. The summed E-state index contributed by atoms with van der Waals surface area (Å²) in [7, 11) is -6.69. The molecule has 1 aliphatic rings. The molecule has 1 N–H and O–H groups in total. The summed E-state index contributed by atoms with van der Waals surface area (Å²) < 4.78 is 51.7. The minimum atomic E-state index is -3.60. The Labute approximate surface area is 177 Å². The number of hydrogen-bond donors (Lipinski definition) is 1. The zero-order chi connectivity index (χ0) is 22.1. The molecule has 0 radical (unpaired) electrons. The van der Waals surface area contributed by atoms with Crippen LogP contribution in [0.2, 0.25) is 0 Å². The monoisotopic (exact) mass is 454 g/mol. The van der Waals surface area contributed by atoms with Crippen LogP contribution in [0.1, 0.15) is 42.4 Å². The van der Waals surface area contributed by atoms with Gasteiger partial charge < -0.3 is 5.32 Å². The maximum atomic E-state index is 12.7. The van der Waals surface area contributed by atoms with Gasteiger partial charge in [0.05, 0.1) is 28.1 Å². The molecule has 1 aliphatic heterocycles. The number of aromatic nitrogens is 2. The first kappa shape index (κ1) is 22.4. The van der Waals surface area contributed by atoms with Gasteiger partial charge in [-0.05, 0) is 37.6 Å². The SMILES string of the molecule is CCN(CC)S(=O)(=O)c1ccc(C(=O)Nc2cc(C)nn2C2CCS(=O)(=O)C2)cc1. The lowest BCUT2D eigenvalue weighted by atomic mass is 10.2. The van der Waals surface area contributed by atoms with Gasteiger partial charge in [0.2, 0.25) is 10.0 Å². The van der Waals surface area contributed by atoms with Crippen LogP contribution in [0.5, 0.6) is 0 Å². The average Bonchev–Trinajstić information content (AvgIpc) is 3.23. The number of nitrogens with zero attached hydrogens (tertiary/aromatic N) is 3. The second-order valence-corrected chi connectivity index (χ2v) is 11.4. The molecular formula is C19H26N4O5S2. The lowest BCUT2D eigenvalue weighted by molar-refractivity contribution is 0.102. The Morgan fingerprint density at radius 1 is 1.23 bits per heavy atom. The summed E-state index contributed by atoms with van der Waals surface area (Å²) in [4.78, 5) is 12.8. The molecule has 1 atom stereocenters. The number of aryl methyl sites for hydroxylation is 1. The van der Waals surface area contributed by atoms with Gasteiger partial charge in [-0.25, -0.2) is 21.5 Å². The molecule has 1 aromatic carbocycles. The first-order valence-electron chi connectivity index (χ1n) is 9.75. The Morgan fingerprint density at radius 2 is 1.87 bits per heavy atom. The van der Waals surface area contributed by atoms with Crippen LogP contribution in [-0.4, -0.2) is 61.4 Å². The Balaban J connectivity index is 1.79. The number of benzene rings is 1. The number of sulfonamides is 1. The van der Waals surface area contributed by atoms with Crippen LogP contribution in [0.15, 0.2) is 35.2 Å². The molecule has 9 nitrogen and oxygen atoms in total. The molecule has 2 aromatic rings. The highest BCUT2D eigenvalue weighted by molar-refractivity contribution is 7.91. The van der Waals surface area contributed by atoms with E-state index in [1.807, 2.05) is 0 Å². The number of rotatable bonds is 7. The standard InChI is InChI=1S/C19H26N4O5S2/c1-4-22(5-2)30(27,28)17-8-6-15(7-9-17)19(24)20-18-12-14(3)21-23(18)16-10-11-29(25,26)13-16/h6-9,12,16H,4-5,10-11,13H2,1-3H3,(H,20,24). The third kappa shape index (κ3) is 4.57. The molecule has 3 rings (SSSR count). The van der Waals surface area contributed by atoms with Gasteiger partial charge in [0.25, 0.3) is 5.91 Å². The third-order valence-electron chi connectivity index (χ3n) is 5.11. The zero-order valence-electron chi connectivity index (χ0n) is 17.2. The number of anilines is 1. The lowest BCUT2D eigenvalue weighted by Crippen LogP contribution is -2.30. The summed E-state index contributed by atoms with van der Waals surface area (Å²) in [6, 6.07) is 7.10. The normalized spacial score (nSPS) is 18.6. The van der Waals surface area contributed by atoms with Gasteiger partial charge in [-0.2, -0.15) is 9.40 Å². The Morgan fingerprint density at radius 3 is 2.40 bits per heavy atom. The van der Waals surface area contributed by atoms with Crippen molar-refractivity contribution in [1.82, 2.24) is 14.1 Å². The van der Waals surface area contributed by atoms with Crippen molar-refractivity contribution in [2.45, 2.75) is 38.1 Å². The van der Waals surface area contributed by atoms with Crippen molar-refractivity contribution in [2.24, 2.45) is 0 Å². The van der Waals surface area contributed by atoms with Crippen LogP contribution < -0.4 is 5.32 Å². The summed E-state index contributed by atoms with van der Waals surface area (Å²) in [5.74, 6) is 0.0877. The molecule has 164 valence electrons. The maximum Gasteiger partial charge on any atom is 0.256 e. The van der Waals surface area contributed by atoms with E-state index in [2.05, 4.69) is 10.4 Å².